The van der Waals surface area contributed by atoms with Crippen molar-refractivity contribution in [3.05, 3.63) is 123 Å². The first-order chi connectivity index (χ1) is 21.7. The number of aryl methyl sites for hydroxylation is 4. The van der Waals surface area contributed by atoms with E-state index in [9.17, 15) is 10.2 Å². The highest BCUT2D eigenvalue weighted by atomic mass is 16.5. The second-order valence-corrected chi connectivity index (χ2v) is 12.2. The first-order valence-corrected chi connectivity index (χ1v) is 16.1. The zero-order chi connectivity index (χ0) is 32.0. The molecule has 0 amide bonds. The van der Waals surface area contributed by atoms with Crippen LogP contribution in [0, 0.1) is 27.7 Å². The number of hydrogen-bond acceptors (Lipinski definition) is 6. The monoisotopic (exact) mass is 603 g/mol. The Morgan fingerprint density at radius 1 is 0.644 bits per heavy atom. The highest BCUT2D eigenvalue weighted by molar-refractivity contribution is 6.17. The predicted molar refractivity (Wildman–Crippen MR) is 184 cm³/mol. The maximum Gasteiger partial charge on any atom is 0.213 e. The Morgan fingerprint density at radius 3 is 1.80 bits per heavy atom. The highest BCUT2D eigenvalue weighted by Crippen LogP contribution is 2.46. The Morgan fingerprint density at radius 2 is 1.22 bits per heavy atom. The molecule has 6 heteroatoms. The third-order valence-electron chi connectivity index (χ3n) is 8.45. The van der Waals surface area contributed by atoms with E-state index in [1.54, 1.807) is 18.2 Å². The number of para-hydroxylation sites is 1. The third kappa shape index (κ3) is 7.06. The average molecular weight is 604 g/mol. The number of benzene rings is 4. The summed E-state index contributed by atoms with van der Waals surface area (Å²) in [6.45, 7) is 11.1. The molecular weight excluding hydrogens is 558 g/mol. The van der Waals surface area contributed by atoms with Gasteiger partial charge in [0.15, 0.2) is 0 Å². The van der Waals surface area contributed by atoms with Gasteiger partial charge in [-0.1, -0.05) is 105 Å². The standard InChI is InChI=1S/C39H45N3O3/c1-6-7-8-9-10-13-22-45-30-18-21-34(36(44)25-30)39(33-14-11-12-15-35(33)43)41-37(31-19-16-26(2)23-28(31)4)40-38(42-39)32-20-17-27(3)24-29(32)5/h11-12,14-21,23-25,43-44H,6-10,13,22H2,1-5H3,(H,40,41,42). The molecule has 0 saturated heterocycles. The van der Waals surface area contributed by atoms with Gasteiger partial charge in [0, 0.05) is 28.3 Å². The van der Waals surface area contributed by atoms with Crippen LogP contribution in [0.3, 0.4) is 0 Å². The molecule has 3 N–H and O–H groups in total. The van der Waals surface area contributed by atoms with E-state index >= 15 is 0 Å². The molecule has 0 unspecified atom stereocenters. The van der Waals surface area contributed by atoms with Gasteiger partial charge in [0.1, 0.15) is 28.9 Å². The second-order valence-electron chi connectivity index (χ2n) is 12.2. The van der Waals surface area contributed by atoms with Crippen molar-refractivity contribution in [2.24, 2.45) is 9.98 Å². The van der Waals surface area contributed by atoms with Crippen molar-refractivity contribution < 1.29 is 14.9 Å². The van der Waals surface area contributed by atoms with Gasteiger partial charge in [-0.25, -0.2) is 9.98 Å². The second kappa shape index (κ2) is 14.0. The van der Waals surface area contributed by atoms with Gasteiger partial charge >= 0.3 is 0 Å². The summed E-state index contributed by atoms with van der Waals surface area (Å²) < 4.78 is 6.04. The Bertz CT molecular complexity index is 1660. The Labute approximate surface area is 267 Å². The van der Waals surface area contributed by atoms with Gasteiger partial charge < -0.3 is 20.3 Å². The van der Waals surface area contributed by atoms with E-state index in [-0.39, 0.29) is 11.5 Å². The van der Waals surface area contributed by atoms with E-state index in [4.69, 9.17) is 14.7 Å². The topological polar surface area (TPSA) is 86.4 Å². The minimum atomic E-state index is -1.49. The van der Waals surface area contributed by atoms with Crippen LogP contribution in [0.25, 0.3) is 0 Å². The predicted octanol–water partition coefficient (Wildman–Crippen LogP) is 8.77. The Hall–Kier alpha value is -4.58. The first-order valence-electron chi connectivity index (χ1n) is 16.1. The van der Waals surface area contributed by atoms with E-state index in [0.717, 1.165) is 46.2 Å². The summed E-state index contributed by atoms with van der Waals surface area (Å²) in [5.74, 6) is 1.82. The van der Waals surface area contributed by atoms with Gasteiger partial charge in [-0.2, -0.15) is 0 Å². The lowest BCUT2D eigenvalue weighted by molar-refractivity contribution is 0.302. The minimum Gasteiger partial charge on any atom is -0.507 e. The fourth-order valence-corrected chi connectivity index (χ4v) is 6.05. The number of phenolic OH excluding ortho intramolecular Hbond substituents is 2. The fraction of sp³-hybridized carbons (Fsp3) is 0.333. The summed E-state index contributed by atoms with van der Waals surface area (Å²) in [5, 5.41) is 26.4. The number of rotatable bonds is 12. The number of unbranched alkanes of at least 4 members (excludes halogenated alkanes) is 5. The molecular formula is C39H45N3O3. The van der Waals surface area contributed by atoms with E-state index in [2.05, 4.69) is 76.3 Å². The fourth-order valence-electron chi connectivity index (χ4n) is 6.05. The molecule has 4 aromatic carbocycles. The molecule has 0 spiro atoms. The summed E-state index contributed by atoms with van der Waals surface area (Å²) in [5.41, 5.74) is 5.65. The summed E-state index contributed by atoms with van der Waals surface area (Å²) in [6.07, 6.45) is 7.05. The first kappa shape index (κ1) is 31.8. The maximum atomic E-state index is 11.6. The molecule has 0 aromatic heterocycles. The van der Waals surface area contributed by atoms with Crippen molar-refractivity contribution in [3.63, 3.8) is 0 Å². The van der Waals surface area contributed by atoms with Crippen molar-refractivity contribution >= 4 is 11.7 Å². The molecule has 0 bridgehead atoms. The van der Waals surface area contributed by atoms with Crippen molar-refractivity contribution in [2.45, 2.75) is 78.8 Å². The van der Waals surface area contributed by atoms with Gasteiger partial charge in [-0.15, -0.1) is 0 Å². The van der Waals surface area contributed by atoms with Crippen LogP contribution in [0.5, 0.6) is 17.2 Å². The van der Waals surface area contributed by atoms with Crippen LogP contribution in [0.2, 0.25) is 0 Å². The SMILES string of the molecule is CCCCCCCCOc1ccc(C2(c3ccccc3O)N=C(c3ccc(C)cc3C)NC(c3ccc(C)cc3C)=N2)c(O)c1. The van der Waals surface area contributed by atoms with Crippen molar-refractivity contribution in [3.8, 4) is 17.2 Å². The van der Waals surface area contributed by atoms with Gasteiger partial charge in [-0.3, -0.25) is 0 Å². The van der Waals surface area contributed by atoms with Crippen LogP contribution in [-0.2, 0) is 5.66 Å². The molecule has 0 radical (unpaired) electrons. The third-order valence-corrected chi connectivity index (χ3v) is 8.45. The summed E-state index contributed by atoms with van der Waals surface area (Å²) in [4.78, 5) is 10.5. The molecule has 234 valence electrons. The zero-order valence-corrected chi connectivity index (χ0v) is 27.2. The number of nitrogens with one attached hydrogen (secondary N) is 1. The van der Waals surface area contributed by atoms with Gasteiger partial charge in [0.05, 0.1) is 6.61 Å². The Balaban J connectivity index is 1.64. The van der Waals surface area contributed by atoms with Gasteiger partial charge in [0.2, 0.25) is 5.66 Å². The lowest BCUT2D eigenvalue weighted by Gasteiger charge is -2.34. The van der Waals surface area contributed by atoms with Crippen LogP contribution in [-0.4, -0.2) is 28.5 Å². The highest BCUT2D eigenvalue weighted by Gasteiger charge is 2.42. The summed E-state index contributed by atoms with van der Waals surface area (Å²) >= 11 is 0. The molecule has 1 aliphatic heterocycles. The van der Waals surface area contributed by atoms with Gasteiger partial charge in [-0.05, 0) is 63.4 Å². The zero-order valence-electron chi connectivity index (χ0n) is 27.2. The molecule has 0 saturated carbocycles. The number of hydrogen-bond donors (Lipinski definition) is 3. The molecule has 4 aromatic rings. The van der Waals surface area contributed by atoms with Crippen LogP contribution in [0.15, 0.2) is 88.8 Å². The molecule has 45 heavy (non-hydrogen) atoms. The summed E-state index contributed by atoms with van der Waals surface area (Å²) in [6, 6.07) is 24.8. The maximum absolute atomic E-state index is 11.6. The van der Waals surface area contributed by atoms with Crippen LogP contribution in [0.1, 0.15) is 90.0 Å². The van der Waals surface area contributed by atoms with E-state index in [1.807, 2.05) is 24.3 Å². The Kier molecular flexibility index (Phi) is 9.92. The van der Waals surface area contributed by atoms with Crippen molar-refractivity contribution in [2.75, 3.05) is 6.61 Å². The van der Waals surface area contributed by atoms with Crippen molar-refractivity contribution in [1.82, 2.24) is 5.32 Å². The average Bonchev–Trinajstić information content (AvgIpc) is 3.00. The molecule has 1 heterocycles. The molecule has 5 rings (SSSR count). The quantitative estimate of drug-likeness (QED) is 0.141. The number of ether oxygens (including phenoxy) is 1. The number of aliphatic imine (C=N–C) groups is 2. The smallest absolute Gasteiger partial charge is 0.213 e. The van der Waals surface area contributed by atoms with E-state index in [0.29, 0.717) is 35.2 Å². The van der Waals surface area contributed by atoms with Crippen LogP contribution in [0.4, 0.5) is 0 Å². The summed E-state index contributed by atoms with van der Waals surface area (Å²) in [7, 11) is 0. The molecule has 0 aliphatic carbocycles. The van der Waals surface area contributed by atoms with Crippen LogP contribution >= 0.6 is 0 Å². The largest absolute Gasteiger partial charge is 0.507 e. The number of aromatic hydroxyl groups is 2. The number of phenols is 2. The minimum absolute atomic E-state index is 0.00643. The number of amidine groups is 2. The lowest BCUT2D eigenvalue weighted by atomic mass is 9.88. The normalized spacial score (nSPS) is 14.0. The molecule has 1 aliphatic rings. The molecule has 6 nitrogen and oxygen atoms in total. The van der Waals surface area contributed by atoms with Crippen LogP contribution < -0.4 is 10.1 Å². The van der Waals surface area contributed by atoms with E-state index in [1.165, 1.54) is 25.7 Å². The lowest BCUT2D eigenvalue weighted by Crippen LogP contribution is -2.43. The molecule has 0 fully saturated rings. The molecule has 0 atom stereocenters. The number of nitrogens with zero attached hydrogens (tertiary/aromatic N) is 2. The van der Waals surface area contributed by atoms with E-state index < -0.39 is 5.66 Å². The van der Waals surface area contributed by atoms with Gasteiger partial charge in [0.25, 0.3) is 0 Å². The van der Waals surface area contributed by atoms with Crippen molar-refractivity contribution in [1.29, 1.82) is 0 Å².